The van der Waals surface area contributed by atoms with E-state index >= 15 is 0 Å². The Morgan fingerprint density at radius 2 is 1.80 bits per heavy atom. The first-order valence-electron chi connectivity index (χ1n) is 14.2. The monoisotopic (exact) mass is 616 g/mol. The Labute approximate surface area is 257 Å². The van der Waals surface area contributed by atoms with Crippen LogP contribution in [-0.2, 0) is 22.9 Å². The maximum Gasteiger partial charge on any atom is 0.476 e. The van der Waals surface area contributed by atoms with Crippen molar-refractivity contribution in [1.29, 1.82) is 5.26 Å². The van der Waals surface area contributed by atoms with Gasteiger partial charge in [0.1, 0.15) is 11.9 Å². The number of hydrogen-bond donors (Lipinski definition) is 0. The number of phosphoric ester groups is 1. The molecule has 4 rings (SSSR count). The second kappa shape index (κ2) is 14.5. The van der Waals surface area contributed by atoms with E-state index in [1.165, 1.54) is 4.90 Å². The summed E-state index contributed by atoms with van der Waals surface area (Å²) in [5.74, 6) is -0.165. The molecule has 230 valence electrons. The molecule has 4 aromatic rings. The first kappa shape index (κ1) is 32.7. The van der Waals surface area contributed by atoms with E-state index in [9.17, 15) is 14.6 Å². The molecule has 3 aromatic heterocycles. The number of likely N-dealkylation sites (N-methyl/N-ethyl adjacent to an activating group) is 2. The standard InChI is InChI=1S/C32H37N6O5P/c1-7-41-44(40,42-8-2)43-23(3)38-22-30(25-12-9-11-24(15-25)18-33)29-17-27(20-35-32(29)38)26-16-28(21-34-19-26)37(6)31(39)13-10-14-36(4)5/h9-13,15-17,19-23H,7-8,14H2,1-6H3/b13-10+. The van der Waals surface area contributed by atoms with Gasteiger partial charge in [0, 0.05) is 60.3 Å². The molecule has 0 radical (unpaired) electrons. The van der Waals surface area contributed by atoms with E-state index in [4.69, 9.17) is 18.6 Å². The van der Waals surface area contributed by atoms with Gasteiger partial charge in [0.05, 0.1) is 36.7 Å². The Bertz CT molecular complexity index is 1730. The first-order chi connectivity index (χ1) is 21.1. The van der Waals surface area contributed by atoms with Crippen LogP contribution in [0.3, 0.4) is 0 Å². The fourth-order valence-electron chi connectivity index (χ4n) is 4.58. The predicted octanol–water partition coefficient (Wildman–Crippen LogP) is 6.43. The number of hydrogen-bond acceptors (Lipinski definition) is 9. The summed E-state index contributed by atoms with van der Waals surface area (Å²) in [7, 11) is 1.75. The van der Waals surface area contributed by atoms with E-state index in [-0.39, 0.29) is 19.1 Å². The lowest BCUT2D eigenvalue weighted by Gasteiger charge is -2.22. The summed E-state index contributed by atoms with van der Waals surface area (Å²) < 4.78 is 31.5. The van der Waals surface area contributed by atoms with Gasteiger partial charge in [-0.2, -0.15) is 5.26 Å². The van der Waals surface area contributed by atoms with Crippen molar-refractivity contribution in [3.8, 4) is 28.3 Å². The number of aromatic nitrogens is 3. The van der Waals surface area contributed by atoms with Crippen LogP contribution < -0.4 is 4.90 Å². The van der Waals surface area contributed by atoms with Crippen molar-refractivity contribution < 1.29 is 22.9 Å². The van der Waals surface area contributed by atoms with Crippen molar-refractivity contribution in [2.45, 2.75) is 27.0 Å². The van der Waals surface area contributed by atoms with Crippen molar-refractivity contribution in [1.82, 2.24) is 19.4 Å². The highest BCUT2D eigenvalue weighted by atomic mass is 31.2. The Morgan fingerprint density at radius 1 is 1.07 bits per heavy atom. The van der Waals surface area contributed by atoms with Crippen LogP contribution in [-0.4, -0.2) is 66.2 Å². The molecule has 0 spiro atoms. The van der Waals surface area contributed by atoms with Gasteiger partial charge in [-0.3, -0.25) is 23.3 Å². The molecule has 1 unspecified atom stereocenters. The van der Waals surface area contributed by atoms with Gasteiger partial charge in [0.2, 0.25) is 5.91 Å². The largest absolute Gasteiger partial charge is 0.476 e. The number of pyridine rings is 2. The quantitative estimate of drug-likeness (QED) is 0.123. The van der Waals surface area contributed by atoms with E-state index in [1.54, 1.807) is 69.2 Å². The van der Waals surface area contributed by atoms with Gasteiger partial charge in [0.15, 0.2) is 0 Å². The number of fused-ring (bicyclic) bond motifs is 1. The topological polar surface area (TPSA) is 123 Å². The van der Waals surface area contributed by atoms with Crippen LogP contribution in [0.25, 0.3) is 33.3 Å². The number of anilines is 1. The minimum absolute atomic E-state index is 0.157. The molecule has 0 N–H and O–H groups in total. The lowest BCUT2D eigenvalue weighted by Crippen LogP contribution is -2.24. The number of rotatable bonds is 13. The van der Waals surface area contributed by atoms with Gasteiger partial charge >= 0.3 is 7.82 Å². The second-order valence-electron chi connectivity index (χ2n) is 10.2. The molecule has 0 aliphatic carbocycles. The third kappa shape index (κ3) is 7.66. The van der Waals surface area contributed by atoms with Gasteiger partial charge in [-0.1, -0.05) is 18.2 Å². The van der Waals surface area contributed by atoms with E-state index < -0.39 is 14.1 Å². The summed E-state index contributed by atoms with van der Waals surface area (Å²) in [6.07, 6.45) is 9.51. The van der Waals surface area contributed by atoms with Gasteiger partial charge in [-0.25, -0.2) is 9.55 Å². The fraction of sp³-hybridized carbons (Fsp3) is 0.312. The molecule has 1 amide bonds. The zero-order valence-corrected chi connectivity index (χ0v) is 26.7. The maximum atomic E-state index is 13.2. The zero-order valence-electron chi connectivity index (χ0n) is 25.8. The molecule has 0 fully saturated rings. The number of phosphoric acid groups is 1. The van der Waals surface area contributed by atoms with Crippen LogP contribution in [0.5, 0.6) is 0 Å². The minimum atomic E-state index is -3.83. The molecular formula is C32H37N6O5P. The van der Waals surface area contributed by atoms with Gasteiger partial charge in [-0.15, -0.1) is 0 Å². The molecule has 0 aliphatic rings. The summed E-state index contributed by atoms with van der Waals surface area (Å²) in [5.41, 5.74) is 4.85. The average Bonchev–Trinajstić information content (AvgIpc) is 3.40. The Hall–Kier alpha value is -4.17. The minimum Gasteiger partial charge on any atom is -0.310 e. The van der Waals surface area contributed by atoms with Gasteiger partial charge < -0.3 is 14.4 Å². The molecule has 0 aliphatic heterocycles. The van der Waals surface area contributed by atoms with Crippen LogP contribution in [0.15, 0.2) is 73.3 Å². The van der Waals surface area contributed by atoms with E-state index in [0.717, 1.165) is 27.6 Å². The third-order valence-electron chi connectivity index (χ3n) is 6.73. The summed E-state index contributed by atoms with van der Waals surface area (Å²) in [6.45, 7) is 6.14. The highest BCUT2D eigenvalue weighted by molar-refractivity contribution is 7.48. The first-order valence-corrected chi connectivity index (χ1v) is 15.7. The average molecular weight is 617 g/mol. The number of benzene rings is 1. The summed E-state index contributed by atoms with van der Waals surface area (Å²) in [6, 6.07) is 13.3. The molecule has 0 bridgehead atoms. The molecule has 0 saturated heterocycles. The lowest BCUT2D eigenvalue weighted by molar-refractivity contribution is -0.113. The maximum absolute atomic E-state index is 13.2. The van der Waals surface area contributed by atoms with Crippen LogP contribution in [0, 0.1) is 11.3 Å². The molecule has 1 aromatic carbocycles. The van der Waals surface area contributed by atoms with Crippen molar-refractivity contribution in [3.05, 3.63) is 78.9 Å². The SMILES string of the molecule is CCOP(=O)(OCC)OC(C)n1cc(-c2cccc(C#N)c2)c2cc(-c3cncc(N(C)C(=O)/C=C/CN(C)C)c3)cnc21. The Kier molecular flexibility index (Phi) is 10.8. The number of amides is 1. The normalized spacial score (nSPS) is 12.6. The molecule has 12 heteroatoms. The van der Waals surface area contributed by atoms with Crippen LogP contribution in [0.1, 0.15) is 32.6 Å². The lowest BCUT2D eigenvalue weighted by atomic mass is 10.0. The molecular weight excluding hydrogens is 579 g/mol. The molecule has 3 heterocycles. The van der Waals surface area contributed by atoms with Crippen molar-refractivity contribution >= 4 is 30.5 Å². The zero-order chi connectivity index (χ0) is 31.9. The summed E-state index contributed by atoms with van der Waals surface area (Å²) in [5, 5.41) is 10.3. The highest BCUT2D eigenvalue weighted by Crippen LogP contribution is 2.52. The van der Waals surface area contributed by atoms with Crippen LogP contribution in [0.2, 0.25) is 0 Å². The molecule has 0 saturated carbocycles. The van der Waals surface area contributed by atoms with E-state index in [1.807, 2.05) is 55.5 Å². The van der Waals surface area contributed by atoms with Crippen molar-refractivity contribution in [2.75, 3.05) is 45.8 Å². The van der Waals surface area contributed by atoms with Gasteiger partial charge in [0.25, 0.3) is 0 Å². The molecule has 1 atom stereocenters. The van der Waals surface area contributed by atoms with E-state index in [2.05, 4.69) is 11.1 Å². The highest BCUT2D eigenvalue weighted by Gasteiger charge is 2.30. The summed E-state index contributed by atoms with van der Waals surface area (Å²) >= 11 is 0. The number of carbonyl (C=O) groups is 1. The summed E-state index contributed by atoms with van der Waals surface area (Å²) in [4.78, 5) is 25.4. The Morgan fingerprint density at radius 3 is 2.48 bits per heavy atom. The second-order valence-corrected chi connectivity index (χ2v) is 11.8. The van der Waals surface area contributed by atoms with Crippen LogP contribution in [0.4, 0.5) is 5.69 Å². The Balaban J connectivity index is 1.78. The van der Waals surface area contributed by atoms with Crippen molar-refractivity contribution in [3.63, 3.8) is 0 Å². The number of carbonyl (C=O) groups excluding carboxylic acids is 1. The predicted molar refractivity (Wildman–Crippen MR) is 171 cm³/mol. The number of nitrogens with zero attached hydrogens (tertiary/aromatic N) is 6. The van der Waals surface area contributed by atoms with Crippen molar-refractivity contribution in [2.24, 2.45) is 0 Å². The fourth-order valence-corrected chi connectivity index (χ4v) is 5.88. The van der Waals surface area contributed by atoms with E-state index in [0.29, 0.717) is 23.4 Å². The number of nitriles is 1. The third-order valence-corrected chi connectivity index (χ3v) is 8.44. The molecule has 11 nitrogen and oxygen atoms in total. The van der Waals surface area contributed by atoms with Gasteiger partial charge in [-0.05, 0) is 64.7 Å². The smallest absolute Gasteiger partial charge is 0.310 e. The van der Waals surface area contributed by atoms with Crippen LogP contribution >= 0.6 is 7.82 Å². The molecule has 44 heavy (non-hydrogen) atoms.